The number of sulfonamides is 1. The third-order valence-corrected chi connectivity index (χ3v) is 6.20. The van der Waals surface area contributed by atoms with E-state index in [2.05, 4.69) is 5.32 Å². The second kappa shape index (κ2) is 8.27. The van der Waals surface area contributed by atoms with Crippen molar-refractivity contribution in [2.24, 2.45) is 0 Å². The Morgan fingerprint density at radius 1 is 0.821 bits per heavy atom. The summed E-state index contributed by atoms with van der Waals surface area (Å²) in [6.07, 6.45) is 0. The molecule has 3 rings (SSSR count). The minimum atomic E-state index is -3.89. The molecule has 0 saturated heterocycles. The highest BCUT2D eigenvalue weighted by Crippen LogP contribution is 2.24. The standard InChI is InChI=1S/C22H22N2O3S/c1-17-10-9-11-18(2)22(17)23-21(25)16-24(19-12-5-3-6-13-19)28(26,27)20-14-7-4-8-15-20/h3-15H,16H2,1-2H3,(H,23,25). The van der Waals surface area contributed by atoms with E-state index in [9.17, 15) is 13.2 Å². The van der Waals surface area contributed by atoms with Crippen LogP contribution in [0.2, 0.25) is 0 Å². The van der Waals surface area contributed by atoms with Crippen molar-refractivity contribution in [2.75, 3.05) is 16.2 Å². The van der Waals surface area contributed by atoms with Crippen molar-refractivity contribution < 1.29 is 13.2 Å². The van der Waals surface area contributed by atoms with E-state index < -0.39 is 15.9 Å². The number of para-hydroxylation sites is 2. The van der Waals surface area contributed by atoms with Crippen LogP contribution in [0.25, 0.3) is 0 Å². The molecule has 1 amide bonds. The van der Waals surface area contributed by atoms with Gasteiger partial charge in [0.2, 0.25) is 5.91 Å². The topological polar surface area (TPSA) is 66.5 Å². The van der Waals surface area contributed by atoms with E-state index in [-0.39, 0.29) is 11.4 Å². The van der Waals surface area contributed by atoms with Crippen LogP contribution in [0.1, 0.15) is 11.1 Å². The maximum absolute atomic E-state index is 13.2. The highest BCUT2D eigenvalue weighted by molar-refractivity contribution is 7.92. The first-order chi connectivity index (χ1) is 13.4. The molecule has 0 aliphatic rings. The van der Waals surface area contributed by atoms with Crippen LogP contribution >= 0.6 is 0 Å². The molecule has 0 atom stereocenters. The molecule has 3 aromatic carbocycles. The van der Waals surface area contributed by atoms with E-state index in [1.54, 1.807) is 48.5 Å². The summed E-state index contributed by atoms with van der Waals surface area (Å²) in [6, 6.07) is 22.5. The zero-order valence-electron chi connectivity index (χ0n) is 15.8. The lowest BCUT2D eigenvalue weighted by atomic mass is 10.1. The van der Waals surface area contributed by atoms with E-state index in [0.29, 0.717) is 11.4 Å². The number of amides is 1. The number of nitrogens with one attached hydrogen (secondary N) is 1. The molecule has 144 valence electrons. The van der Waals surface area contributed by atoms with Crippen molar-refractivity contribution in [2.45, 2.75) is 18.7 Å². The summed E-state index contributed by atoms with van der Waals surface area (Å²) < 4.78 is 27.5. The second-order valence-electron chi connectivity index (χ2n) is 6.48. The molecule has 0 unspecified atom stereocenters. The van der Waals surface area contributed by atoms with Gasteiger partial charge < -0.3 is 5.32 Å². The Balaban J connectivity index is 1.94. The summed E-state index contributed by atoms with van der Waals surface area (Å²) in [4.78, 5) is 12.9. The lowest BCUT2D eigenvalue weighted by Crippen LogP contribution is -2.38. The molecule has 0 aromatic heterocycles. The first kappa shape index (κ1) is 19.6. The number of hydrogen-bond acceptors (Lipinski definition) is 3. The van der Waals surface area contributed by atoms with E-state index in [1.807, 2.05) is 32.0 Å². The molecule has 3 aromatic rings. The summed E-state index contributed by atoms with van der Waals surface area (Å²) in [7, 11) is -3.89. The smallest absolute Gasteiger partial charge is 0.264 e. The zero-order valence-corrected chi connectivity index (χ0v) is 16.6. The first-order valence-corrected chi connectivity index (χ1v) is 10.3. The molecule has 0 radical (unpaired) electrons. The van der Waals surface area contributed by atoms with Gasteiger partial charge in [-0.3, -0.25) is 9.10 Å². The highest BCUT2D eigenvalue weighted by Gasteiger charge is 2.27. The molecule has 0 saturated carbocycles. The molecule has 1 N–H and O–H groups in total. The molecule has 0 fully saturated rings. The molecule has 28 heavy (non-hydrogen) atoms. The van der Waals surface area contributed by atoms with Gasteiger partial charge in [-0.25, -0.2) is 8.42 Å². The Hall–Kier alpha value is -3.12. The first-order valence-electron chi connectivity index (χ1n) is 8.88. The van der Waals surface area contributed by atoms with Crippen molar-refractivity contribution in [3.05, 3.63) is 90.0 Å². The number of aryl methyl sites for hydroxylation is 2. The normalized spacial score (nSPS) is 11.1. The van der Waals surface area contributed by atoms with Crippen molar-refractivity contribution >= 4 is 27.3 Å². The highest BCUT2D eigenvalue weighted by atomic mass is 32.2. The number of benzene rings is 3. The Bertz CT molecular complexity index is 1050. The van der Waals surface area contributed by atoms with Crippen LogP contribution in [-0.4, -0.2) is 20.9 Å². The quantitative estimate of drug-likeness (QED) is 0.683. The molecular weight excluding hydrogens is 372 g/mol. The Kier molecular flexibility index (Phi) is 5.80. The van der Waals surface area contributed by atoms with Gasteiger partial charge in [0, 0.05) is 5.69 Å². The third kappa shape index (κ3) is 4.23. The van der Waals surface area contributed by atoms with Crippen LogP contribution in [0.15, 0.2) is 83.8 Å². The monoisotopic (exact) mass is 394 g/mol. The van der Waals surface area contributed by atoms with Crippen LogP contribution in [-0.2, 0) is 14.8 Å². The van der Waals surface area contributed by atoms with E-state index in [1.165, 1.54) is 12.1 Å². The molecular formula is C22H22N2O3S. The van der Waals surface area contributed by atoms with Crippen LogP contribution in [0.5, 0.6) is 0 Å². The summed E-state index contributed by atoms with van der Waals surface area (Å²) >= 11 is 0. The van der Waals surface area contributed by atoms with E-state index >= 15 is 0 Å². The predicted molar refractivity (Wildman–Crippen MR) is 112 cm³/mol. The van der Waals surface area contributed by atoms with Gasteiger partial charge in [-0.15, -0.1) is 0 Å². The fraction of sp³-hybridized carbons (Fsp3) is 0.136. The number of carbonyl (C=O) groups excluding carboxylic acids is 1. The number of rotatable bonds is 6. The van der Waals surface area contributed by atoms with E-state index in [4.69, 9.17) is 0 Å². The Morgan fingerprint density at radius 3 is 1.93 bits per heavy atom. The SMILES string of the molecule is Cc1cccc(C)c1NC(=O)CN(c1ccccc1)S(=O)(=O)c1ccccc1. The summed E-state index contributed by atoms with van der Waals surface area (Å²) in [5.74, 6) is -0.402. The average Bonchev–Trinajstić information content (AvgIpc) is 2.70. The molecule has 5 nitrogen and oxygen atoms in total. The predicted octanol–water partition coefficient (Wildman–Crippen LogP) is 4.14. The zero-order chi connectivity index (χ0) is 20.1. The third-order valence-electron chi connectivity index (χ3n) is 4.41. The largest absolute Gasteiger partial charge is 0.324 e. The Labute approximate surface area is 165 Å². The van der Waals surface area contributed by atoms with Gasteiger partial charge in [-0.05, 0) is 49.2 Å². The molecule has 0 aliphatic heterocycles. The summed E-state index contributed by atoms with van der Waals surface area (Å²) in [6.45, 7) is 3.48. The lowest BCUT2D eigenvalue weighted by molar-refractivity contribution is -0.114. The minimum absolute atomic E-state index is 0.138. The van der Waals surface area contributed by atoms with Gasteiger partial charge in [-0.2, -0.15) is 0 Å². The fourth-order valence-corrected chi connectivity index (χ4v) is 4.39. The molecule has 0 aliphatic carbocycles. The fourth-order valence-electron chi connectivity index (χ4n) is 2.95. The molecule has 0 heterocycles. The molecule has 6 heteroatoms. The van der Waals surface area contributed by atoms with E-state index in [0.717, 1.165) is 15.4 Å². The van der Waals surface area contributed by atoms with Crippen LogP contribution in [0, 0.1) is 13.8 Å². The summed E-state index contributed by atoms with van der Waals surface area (Å²) in [5.41, 5.74) is 2.98. The average molecular weight is 394 g/mol. The van der Waals surface area contributed by atoms with Crippen LogP contribution in [0.3, 0.4) is 0 Å². The molecule has 0 spiro atoms. The number of anilines is 2. The maximum atomic E-state index is 13.2. The van der Waals surface area contributed by atoms with Gasteiger partial charge in [0.1, 0.15) is 6.54 Å². The van der Waals surface area contributed by atoms with Gasteiger partial charge in [-0.1, -0.05) is 54.6 Å². The summed E-state index contributed by atoms with van der Waals surface area (Å²) in [5, 5.41) is 2.86. The maximum Gasteiger partial charge on any atom is 0.264 e. The number of carbonyl (C=O) groups is 1. The molecule has 0 bridgehead atoms. The lowest BCUT2D eigenvalue weighted by Gasteiger charge is -2.24. The van der Waals surface area contributed by atoms with Crippen LogP contribution < -0.4 is 9.62 Å². The Morgan fingerprint density at radius 2 is 1.36 bits per heavy atom. The van der Waals surface area contributed by atoms with Gasteiger partial charge in [0.15, 0.2) is 0 Å². The van der Waals surface area contributed by atoms with Crippen molar-refractivity contribution in [3.63, 3.8) is 0 Å². The second-order valence-corrected chi connectivity index (χ2v) is 8.34. The number of hydrogen-bond donors (Lipinski definition) is 1. The minimum Gasteiger partial charge on any atom is -0.324 e. The van der Waals surface area contributed by atoms with Crippen molar-refractivity contribution in [1.82, 2.24) is 0 Å². The number of nitrogens with zero attached hydrogens (tertiary/aromatic N) is 1. The van der Waals surface area contributed by atoms with Crippen molar-refractivity contribution in [1.29, 1.82) is 0 Å². The van der Waals surface area contributed by atoms with Gasteiger partial charge >= 0.3 is 0 Å². The van der Waals surface area contributed by atoms with Gasteiger partial charge in [0.25, 0.3) is 10.0 Å². The van der Waals surface area contributed by atoms with Crippen molar-refractivity contribution in [3.8, 4) is 0 Å². The van der Waals surface area contributed by atoms with Crippen LogP contribution in [0.4, 0.5) is 11.4 Å². The van der Waals surface area contributed by atoms with Gasteiger partial charge in [0.05, 0.1) is 10.6 Å².